The second kappa shape index (κ2) is 10.7. The SMILES string of the molecule is CN1CCN(Cc2cc(NC(=O)c3ccc4c(c3)CN(c3cccnc3)CS4)cc(C(F)(F)F)c2)CC1. The number of halogens is 3. The van der Waals surface area contributed by atoms with Crippen LogP contribution in [0.5, 0.6) is 0 Å². The number of anilines is 2. The van der Waals surface area contributed by atoms with Gasteiger partial charge in [-0.3, -0.25) is 14.7 Å². The van der Waals surface area contributed by atoms with E-state index in [-0.39, 0.29) is 5.69 Å². The number of hydrogen-bond donors (Lipinski definition) is 1. The van der Waals surface area contributed by atoms with Gasteiger partial charge in [-0.1, -0.05) is 0 Å². The second-order valence-corrected chi connectivity index (χ2v) is 10.4. The van der Waals surface area contributed by atoms with Crippen molar-refractivity contribution in [3.63, 3.8) is 0 Å². The van der Waals surface area contributed by atoms with E-state index in [4.69, 9.17) is 0 Å². The van der Waals surface area contributed by atoms with E-state index in [0.717, 1.165) is 54.3 Å². The molecule has 194 valence electrons. The number of likely N-dealkylation sites (N-methyl/N-ethyl adjacent to an activating group) is 1. The average Bonchev–Trinajstić information content (AvgIpc) is 2.89. The molecule has 6 nitrogen and oxygen atoms in total. The van der Waals surface area contributed by atoms with Crippen molar-refractivity contribution in [1.29, 1.82) is 0 Å². The molecule has 3 aromatic rings. The average molecular weight is 528 g/mol. The monoisotopic (exact) mass is 527 g/mol. The standard InChI is InChI=1S/C27H28F3N5OS/c1-33-7-9-34(10-8-33)16-19-11-22(27(28,29)30)14-23(12-19)32-26(36)20-4-5-25-21(13-20)17-35(18-37-25)24-3-2-6-31-15-24/h2-6,11-15H,7-10,16-18H2,1H3,(H,32,36). The summed E-state index contributed by atoms with van der Waals surface area (Å²) < 4.78 is 41.0. The Bertz CT molecular complexity index is 1260. The molecule has 0 unspecified atom stereocenters. The van der Waals surface area contributed by atoms with Gasteiger partial charge < -0.3 is 15.1 Å². The van der Waals surface area contributed by atoms with Gasteiger partial charge in [-0.15, -0.1) is 11.8 Å². The lowest BCUT2D eigenvalue weighted by molar-refractivity contribution is -0.137. The van der Waals surface area contributed by atoms with E-state index < -0.39 is 17.6 Å². The van der Waals surface area contributed by atoms with Gasteiger partial charge in [-0.2, -0.15) is 13.2 Å². The van der Waals surface area contributed by atoms with Gasteiger partial charge in [0, 0.05) is 61.6 Å². The maximum absolute atomic E-state index is 13.7. The molecule has 37 heavy (non-hydrogen) atoms. The molecule has 10 heteroatoms. The number of carbonyl (C=O) groups excluding carboxylic acids is 1. The Labute approximate surface area is 218 Å². The molecule has 0 bridgehead atoms. The van der Waals surface area contributed by atoms with Gasteiger partial charge in [-0.05, 0) is 66.7 Å². The highest BCUT2D eigenvalue weighted by atomic mass is 32.2. The number of carbonyl (C=O) groups is 1. The third-order valence-electron chi connectivity index (χ3n) is 6.65. The number of amides is 1. The number of hydrogen-bond acceptors (Lipinski definition) is 6. The molecule has 0 spiro atoms. The Hall–Kier alpha value is -3.08. The van der Waals surface area contributed by atoms with E-state index in [0.29, 0.717) is 24.2 Å². The van der Waals surface area contributed by atoms with E-state index in [9.17, 15) is 18.0 Å². The predicted molar refractivity (Wildman–Crippen MR) is 140 cm³/mol. The van der Waals surface area contributed by atoms with Crippen molar-refractivity contribution >= 4 is 29.0 Å². The summed E-state index contributed by atoms with van der Waals surface area (Å²) in [6, 6.07) is 13.1. The zero-order chi connectivity index (χ0) is 26.0. The van der Waals surface area contributed by atoms with E-state index >= 15 is 0 Å². The molecule has 0 aliphatic carbocycles. The molecule has 0 radical (unpaired) electrons. The van der Waals surface area contributed by atoms with Crippen molar-refractivity contribution in [3.05, 3.63) is 83.2 Å². The van der Waals surface area contributed by atoms with Crippen LogP contribution in [0.2, 0.25) is 0 Å². The normalized spacial score (nSPS) is 16.9. The van der Waals surface area contributed by atoms with Crippen LogP contribution in [0.3, 0.4) is 0 Å². The van der Waals surface area contributed by atoms with Gasteiger partial charge >= 0.3 is 6.18 Å². The summed E-state index contributed by atoms with van der Waals surface area (Å²) in [6.07, 6.45) is -0.979. The maximum atomic E-state index is 13.7. The largest absolute Gasteiger partial charge is 0.416 e. The minimum Gasteiger partial charge on any atom is -0.356 e. The summed E-state index contributed by atoms with van der Waals surface area (Å²) in [7, 11) is 2.03. The first kappa shape index (κ1) is 25.6. The summed E-state index contributed by atoms with van der Waals surface area (Å²) in [5, 5.41) is 2.71. The molecule has 2 aliphatic heterocycles. The molecule has 3 heterocycles. The van der Waals surface area contributed by atoms with Gasteiger partial charge in [0.25, 0.3) is 5.91 Å². The first-order valence-corrected chi connectivity index (χ1v) is 13.1. The smallest absolute Gasteiger partial charge is 0.356 e. The number of nitrogens with zero attached hydrogens (tertiary/aromatic N) is 4. The molecule has 1 amide bonds. The highest BCUT2D eigenvalue weighted by Gasteiger charge is 2.32. The lowest BCUT2D eigenvalue weighted by Gasteiger charge is -2.32. The summed E-state index contributed by atoms with van der Waals surface area (Å²) in [6.45, 7) is 4.35. The molecule has 1 fully saturated rings. The van der Waals surface area contributed by atoms with E-state index in [1.165, 1.54) is 6.07 Å². The van der Waals surface area contributed by atoms with Crippen molar-refractivity contribution in [2.24, 2.45) is 0 Å². The van der Waals surface area contributed by atoms with Gasteiger partial charge in [0.1, 0.15) is 0 Å². The van der Waals surface area contributed by atoms with E-state index in [1.54, 1.807) is 36.3 Å². The Morgan fingerprint density at radius 3 is 2.62 bits per heavy atom. The minimum atomic E-state index is -4.50. The zero-order valence-corrected chi connectivity index (χ0v) is 21.3. The summed E-state index contributed by atoms with van der Waals surface area (Å²) in [5.74, 6) is 0.334. The fourth-order valence-electron chi connectivity index (χ4n) is 4.58. The van der Waals surface area contributed by atoms with Crippen LogP contribution in [0, 0.1) is 0 Å². The molecule has 5 rings (SSSR count). The van der Waals surface area contributed by atoms with Crippen LogP contribution in [0.4, 0.5) is 24.5 Å². The van der Waals surface area contributed by atoms with Crippen LogP contribution >= 0.6 is 11.8 Å². The third kappa shape index (κ3) is 6.26. The third-order valence-corrected chi connectivity index (χ3v) is 7.80. The fraction of sp³-hybridized carbons (Fsp3) is 0.333. The number of thioether (sulfide) groups is 1. The predicted octanol–water partition coefficient (Wildman–Crippen LogP) is 5.17. The summed E-state index contributed by atoms with van der Waals surface area (Å²) >= 11 is 1.67. The molecule has 2 aliphatic rings. The number of pyridine rings is 1. The number of rotatable bonds is 5. The Morgan fingerprint density at radius 2 is 1.89 bits per heavy atom. The first-order chi connectivity index (χ1) is 17.7. The van der Waals surface area contributed by atoms with Crippen LogP contribution in [0.1, 0.15) is 27.0 Å². The van der Waals surface area contributed by atoms with Crippen molar-refractivity contribution in [2.75, 3.05) is 49.3 Å². The Balaban J connectivity index is 1.34. The zero-order valence-electron chi connectivity index (χ0n) is 20.5. The molecular weight excluding hydrogens is 499 g/mol. The van der Waals surface area contributed by atoms with Crippen LogP contribution in [-0.4, -0.2) is 59.8 Å². The second-order valence-electron chi connectivity index (χ2n) is 9.46. The number of fused-ring (bicyclic) bond motifs is 1. The highest BCUT2D eigenvalue weighted by molar-refractivity contribution is 7.99. The Morgan fingerprint density at radius 1 is 1.08 bits per heavy atom. The fourth-order valence-corrected chi connectivity index (χ4v) is 5.59. The van der Waals surface area contributed by atoms with Crippen molar-refractivity contribution in [3.8, 4) is 0 Å². The molecule has 1 saturated heterocycles. The van der Waals surface area contributed by atoms with Gasteiger partial charge in [-0.25, -0.2) is 0 Å². The summed E-state index contributed by atoms with van der Waals surface area (Å²) in [5.41, 5.74) is 2.31. The minimum absolute atomic E-state index is 0.146. The molecule has 0 saturated carbocycles. The van der Waals surface area contributed by atoms with Crippen molar-refractivity contribution in [2.45, 2.75) is 24.2 Å². The van der Waals surface area contributed by atoms with E-state index in [2.05, 4.69) is 25.0 Å². The number of piperazine rings is 1. The number of nitrogens with one attached hydrogen (secondary N) is 1. The lowest BCUT2D eigenvalue weighted by atomic mass is 10.1. The highest BCUT2D eigenvalue weighted by Crippen LogP contribution is 2.35. The molecule has 0 atom stereocenters. The molecule has 2 aromatic carbocycles. The summed E-state index contributed by atoms with van der Waals surface area (Å²) in [4.78, 5) is 24.9. The molecule has 1 aromatic heterocycles. The topological polar surface area (TPSA) is 51.7 Å². The van der Waals surface area contributed by atoms with E-state index in [1.807, 2.05) is 31.3 Å². The Kier molecular flexibility index (Phi) is 7.41. The molecule has 1 N–H and O–H groups in total. The lowest BCUT2D eigenvalue weighted by Crippen LogP contribution is -2.43. The number of alkyl halides is 3. The van der Waals surface area contributed by atoms with Crippen LogP contribution < -0.4 is 10.2 Å². The van der Waals surface area contributed by atoms with Crippen molar-refractivity contribution in [1.82, 2.24) is 14.8 Å². The van der Waals surface area contributed by atoms with Gasteiger partial charge in [0.15, 0.2) is 0 Å². The van der Waals surface area contributed by atoms with Crippen LogP contribution in [0.15, 0.2) is 65.8 Å². The quantitative estimate of drug-likeness (QED) is 0.494. The van der Waals surface area contributed by atoms with Crippen molar-refractivity contribution < 1.29 is 18.0 Å². The van der Waals surface area contributed by atoms with Gasteiger partial charge in [0.05, 0.1) is 23.3 Å². The maximum Gasteiger partial charge on any atom is 0.416 e. The van der Waals surface area contributed by atoms with Gasteiger partial charge in [0.2, 0.25) is 0 Å². The number of benzene rings is 2. The van der Waals surface area contributed by atoms with Crippen LogP contribution in [0.25, 0.3) is 0 Å². The number of aromatic nitrogens is 1. The molecular formula is C27H28F3N5OS. The van der Waals surface area contributed by atoms with Crippen LogP contribution in [-0.2, 0) is 19.3 Å². The first-order valence-electron chi connectivity index (χ1n) is 12.1.